The standard InChI is InChI=1S/C27H31NO9.C20H22O5/c1-3-25(30)36-13-7-5-4-6-12-35-22-11-10-19-14-21(9-8-20(19)15-22)27(32)37-23-16-24(29)28(26(23)31)17-34-18-33-2;1-2-19(21)25-12-6-4-3-5-11-24-18-10-9-15-13-17(20(22)23)8-7-16(15)14-18/h3,8-11,14-15,23H,1,4-7,12-13,16-18H2,2H3;2,7-10,13-14H,1,3-6,11-12H2,(H,22,23). The van der Waals surface area contributed by atoms with E-state index >= 15 is 0 Å². The van der Waals surface area contributed by atoms with Crippen molar-refractivity contribution in [2.45, 2.75) is 63.9 Å². The fourth-order valence-corrected chi connectivity index (χ4v) is 6.14. The van der Waals surface area contributed by atoms with Gasteiger partial charge in [0.1, 0.15) is 25.0 Å². The van der Waals surface area contributed by atoms with Crippen molar-refractivity contribution < 1.29 is 67.0 Å². The van der Waals surface area contributed by atoms with Crippen LogP contribution in [-0.2, 0) is 42.9 Å². The van der Waals surface area contributed by atoms with Gasteiger partial charge in [0, 0.05) is 19.3 Å². The maximum Gasteiger partial charge on any atom is 0.338 e. The van der Waals surface area contributed by atoms with Crippen molar-refractivity contribution in [1.29, 1.82) is 0 Å². The molecule has 5 rings (SSSR count). The summed E-state index contributed by atoms with van der Waals surface area (Å²) < 4.78 is 36.5. The first-order chi connectivity index (χ1) is 30.0. The highest BCUT2D eigenvalue weighted by atomic mass is 16.7. The number of esters is 3. The monoisotopic (exact) mass is 855 g/mol. The van der Waals surface area contributed by atoms with Crippen LogP contribution < -0.4 is 9.47 Å². The molecule has 15 nitrogen and oxygen atoms in total. The number of carboxylic acids is 1. The highest BCUT2D eigenvalue weighted by Gasteiger charge is 2.41. The Morgan fingerprint density at radius 2 is 1.13 bits per heavy atom. The maximum absolute atomic E-state index is 12.6. The summed E-state index contributed by atoms with van der Waals surface area (Å²) in [5.74, 6) is -2.00. The molecule has 1 fully saturated rings. The number of amides is 2. The van der Waals surface area contributed by atoms with Crippen LogP contribution in [0.2, 0.25) is 0 Å². The number of benzene rings is 4. The Morgan fingerprint density at radius 3 is 1.63 bits per heavy atom. The van der Waals surface area contributed by atoms with Crippen LogP contribution in [0.25, 0.3) is 21.5 Å². The van der Waals surface area contributed by atoms with Crippen molar-refractivity contribution in [3.05, 3.63) is 109 Å². The summed E-state index contributed by atoms with van der Waals surface area (Å²) >= 11 is 0. The molecule has 0 radical (unpaired) electrons. The van der Waals surface area contributed by atoms with Gasteiger partial charge in [0.05, 0.1) is 44.0 Å². The van der Waals surface area contributed by atoms with E-state index in [4.69, 9.17) is 38.3 Å². The molecule has 0 aliphatic carbocycles. The van der Waals surface area contributed by atoms with Gasteiger partial charge >= 0.3 is 23.9 Å². The Kier molecular flexibility index (Phi) is 20.1. The topological polar surface area (TPSA) is 190 Å². The number of ether oxygens (including phenoxy) is 7. The van der Waals surface area contributed by atoms with E-state index < -0.39 is 35.8 Å². The Balaban J connectivity index is 0.000000294. The second kappa shape index (κ2) is 25.9. The van der Waals surface area contributed by atoms with Gasteiger partial charge in [-0.15, -0.1) is 0 Å². The number of likely N-dealkylation sites (tertiary alicyclic amines) is 1. The molecule has 1 N–H and O–H groups in total. The van der Waals surface area contributed by atoms with E-state index in [0.717, 1.165) is 89.6 Å². The van der Waals surface area contributed by atoms with Gasteiger partial charge in [-0.1, -0.05) is 37.4 Å². The lowest BCUT2D eigenvalue weighted by Gasteiger charge is -2.15. The third-order valence-electron chi connectivity index (χ3n) is 9.42. The van der Waals surface area contributed by atoms with E-state index in [9.17, 15) is 28.8 Å². The van der Waals surface area contributed by atoms with Crippen LogP contribution in [0, 0.1) is 0 Å². The smallest absolute Gasteiger partial charge is 0.338 e. The third kappa shape index (κ3) is 15.8. The van der Waals surface area contributed by atoms with E-state index in [0.29, 0.717) is 32.2 Å². The summed E-state index contributed by atoms with van der Waals surface area (Å²) in [6.45, 7) is 8.37. The van der Waals surface area contributed by atoms with Crippen molar-refractivity contribution in [2.24, 2.45) is 0 Å². The van der Waals surface area contributed by atoms with Crippen LogP contribution in [0.4, 0.5) is 0 Å². The van der Waals surface area contributed by atoms with Gasteiger partial charge in [-0.25, -0.2) is 19.2 Å². The Hall–Kier alpha value is -6.58. The Labute approximate surface area is 360 Å². The van der Waals surface area contributed by atoms with Gasteiger partial charge < -0.3 is 38.3 Å². The molecule has 2 amide bonds. The molecule has 0 spiro atoms. The quantitative estimate of drug-likeness (QED) is 0.0171. The number of methoxy groups -OCH3 is 1. The number of hydrogen-bond acceptors (Lipinski definition) is 13. The zero-order valence-electron chi connectivity index (χ0n) is 34.9. The van der Waals surface area contributed by atoms with Gasteiger partial charge in [-0.2, -0.15) is 0 Å². The first-order valence-electron chi connectivity index (χ1n) is 20.3. The first kappa shape index (κ1) is 48.1. The molecule has 0 bridgehead atoms. The molecule has 1 unspecified atom stereocenters. The van der Waals surface area contributed by atoms with Crippen LogP contribution in [0.15, 0.2) is 98.1 Å². The molecule has 1 aliphatic rings. The van der Waals surface area contributed by atoms with Gasteiger partial charge in [-0.05, 0) is 121 Å². The minimum Gasteiger partial charge on any atom is -0.494 e. The number of carbonyl (C=O) groups excluding carboxylic acids is 5. The van der Waals surface area contributed by atoms with Gasteiger partial charge in [0.25, 0.3) is 5.91 Å². The van der Waals surface area contributed by atoms with Crippen LogP contribution in [0.5, 0.6) is 11.5 Å². The number of fused-ring (bicyclic) bond motifs is 2. The number of aromatic carboxylic acids is 1. The lowest BCUT2D eigenvalue weighted by Crippen LogP contribution is -2.35. The predicted octanol–water partition coefficient (Wildman–Crippen LogP) is 7.58. The number of carbonyl (C=O) groups is 6. The molecule has 62 heavy (non-hydrogen) atoms. The zero-order chi connectivity index (χ0) is 44.7. The fraction of sp³-hybridized carbons (Fsp3) is 0.362. The zero-order valence-corrected chi connectivity index (χ0v) is 34.9. The van der Waals surface area contributed by atoms with Crippen molar-refractivity contribution in [3.63, 3.8) is 0 Å². The molecule has 330 valence electrons. The minimum atomic E-state index is -1.18. The largest absolute Gasteiger partial charge is 0.494 e. The van der Waals surface area contributed by atoms with E-state index in [1.807, 2.05) is 36.4 Å². The Morgan fingerprint density at radius 1 is 0.661 bits per heavy atom. The SMILES string of the molecule is C=CC(=O)OCCCCCCOc1ccc2cc(C(=O)O)ccc2c1.C=CC(=O)OCCCCCCOc1ccc2cc(C(=O)OC3CC(=O)N(COCOC)C3=O)ccc2c1. The molecule has 15 heteroatoms. The summed E-state index contributed by atoms with van der Waals surface area (Å²) in [5, 5.41) is 12.5. The molecular weight excluding hydrogens is 803 g/mol. The van der Waals surface area contributed by atoms with E-state index in [-0.39, 0.29) is 37.0 Å². The number of carboxylic acid groups (broad SMARTS) is 1. The molecule has 1 heterocycles. The maximum atomic E-state index is 12.6. The molecular formula is C47H53NO14. The summed E-state index contributed by atoms with van der Waals surface area (Å²) in [7, 11) is 1.42. The number of unbranched alkanes of at least 4 members (excludes halogenated alkanes) is 6. The molecule has 1 atom stereocenters. The van der Waals surface area contributed by atoms with Crippen LogP contribution in [0.3, 0.4) is 0 Å². The lowest BCUT2D eigenvalue weighted by atomic mass is 10.1. The second-order valence-corrected chi connectivity index (χ2v) is 14.0. The van der Waals surface area contributed by atoms with Crippen molar-refractivity contribution in [2.75, 3.05) is 47.1 Å². The summed E-state index contributed by atoms with van der Waals surface area (Å²) in [6, 6.07) is 21.3. The van der Waals surface area contributed by atoms with E-state index in [1.54, 1.807) is 36.4 Å². The normalized spacial score (nSPS) is 13.2. The Bertz CT molecular complexity index is 2180. The average Bonchev–Trinajstić information content (AvgIpc) is 3.54. The molecule has 4 aromatic carbocycles. The average molecular weight is 856 g/mol. The number of imide groups is 1. The summed E-state index contributed by atoms with van der Waals surface area (Å²) in [6.07, 6.45) is 8.21. The van der Waals surface area contributed by atoms with Crippen LogP contribution >= 0.6 is 0 Å². The highest BCUT2D eigenvalue weighted by molar-refractivity contribution is 6.06. The molecule has 4 aromatic rings. The van der Waals surface area contributed by atoms with Crippen molar-refractivity contribution in [1.82, 2.24) is 4.90 Å². The molecule has 0 aromatic heterocycles. The molecule has 1 aliphatic heterocycles. The van der Waals surface area contributed by atoms with Crippen LogP contribution in [-0.4, -0.2) is 98.9 Å². The summed E-state index contributed by atoms with van der Waals surface area (Å²) in [4.78, 5) is 70.8. The fourth-order valence-electron chi connectivity index (χ4n) is 6.14. The van der Waals surface area contributed by atoms with Gasteiger partial charge in [0.15, 0.2) is 6.10 Å². The van der Waals surface area contributed by atoms with Gasteiger partial charge in [-0.3, -0.25) is 14.5 Å². The highest BCUT2D eigenvalue weighted by Crippen LogP contribution is 2.25. The number of hydrogen-bond donors (Lipinski definition) is 1. The minimum absolute atomic E-state index is 0.0675. The number of nitrogens with zero attached hydrogens (tertiary/aromatic N) is 1. The summed E-state index contributed by atoms with van der Waals surface area (Å²) in [5.41, 5.74) is 0.550. The van der Waals surface area contributed by atoms with Gasteiger partial charge in [0.2, 0.25) is 5.91 Å². The van der Waals surface area contributed by atoms with Crippen molar-refractivity contribution >= 4 is 57.2 Å². The lowest BCUT2D eigenvalue weighted by molar-refractivity contribution is -0.151. The van der Waals surface area contributed by atoms with E-state index in [1.165, 1.54) is 13.2 Å². The predicted molar refractivity (Wildman–Crippen MR) is 229 cm³/mol. The molecule has 0 saturated carbocycles. The van der Waals surface area contributed by atoms with Crippen LogP contribution in [0.1, 0.15) is 78.5 Å². The third-order valence-corrected chi connectivity index (χ3v) is 9.42. The second-order valence-electron chi connectivity index (χ2n) is 14.0. The number of rotatable bonds is 25. The van der Waals surface area contributed by atoms with E-state index in [2.05, 4.69) is 13.2 Å². The molecule has 1 saturated heterocycles. The first-order valence-corrected chi connectivity index (χ1v) is 20.3. The van der Waals surface area contributed by atoms with Crippen molar-refractivity contribution in [3.8, 4) is 11.5 Å².